The monoisotopic (exact) mass is 726 g/mol. The first kappa shape index (κ1) is 37.3. The minimum Gasteiger partial charge on any atom is -0.507 e. The number of phenols is 2. The highest BCUT2D eigenvalue weighted by Gasteiger charge is 2.51. The van der Waals surface area contributed by atoms with Gasteiger partial charge in [0.2, 0.25) is 6.29 Å². The molecule has 0 aliphatic carbocycles. The van der Waals surface area contributed by atoms with Gasteiger partial charge in [0.25, 0.3) is 0 Å². The molecular formula is C32H38O19. The van der Waals surface area contributed by atoms with E-state index < -0.39 is 134 Å². The normalized spacial score (nSPS) is 37.4. The second kappa shape index (κ2) is 14.8. The molecule has 12 N–H and O–H groups in total. The van der Waals surface area contributed by atoms with Crippen LogP contribution < -0.4 is 10.2 Å². The van der Waals surface area contributed by atoms with E-state index in [1.54, 1.807) is 0 Å². The molecule has 0 bridgehead atoms. The SMILES string of the molecule is O=c1cc(-c2ccc(O[C@H]3O[C@H](CO)[C@@H](O)[C@@H](O)[C@H]3O)cc2)oc2cc(O)c([C@@H]3O[C@@H](CO)[C@@H](O)[C@@H](O)[C@H]3O[C@H]3OC[C@H](O)[C@H](O)[C@@H]3O)c(O)c12. The topological polar surface area (TPSA) is 319 Å². The Labute approximate surface area is 286 Å². The summed E-state index contributed by atoms with van der Waals surface area (Å²) in [7, 11) is 0. The zero-order chi connectivity index (χ0) is 36.9. The predicted molar refractivity (Wildman–Crippen MR) is 165 cm³/mol. The molecule has 3 saturated heterocycles. The average Bonchev–Trinajstić information content (AvgIpc) is 3.11. The highest BCUT2D eigenvalue weighted by Crippen LogP contribution is 2.46. The van der Waals surface area contributed by atoms with Crippen molar-refractivity contribution >= 4 is 11.0 Å². The maximum Gasteiger partial charge on any atom is 0.229 e. The van der Waals surface area contributed by atoms with Crippen molar-refractivity contribution in [2.75, 3.05) is 19.8 Å². The first-order valence-corrected chi connectivity index (χ1v) is 15.8. The third-order valence-corrected chi connectivity index (χ3v) is 9.15. The van der Waals surface area contributed by atoms with Gasteiger partial charge in [-0.15, -0.1) is 0 Å². The van der Waals surface area contributed by atoms with Gasteiger partial charge in [0, 0.05) is 17.7 Å². The summed E-state index contributed by atoms with van der Waals surface area (Å²) >= 11 is 0. The van der Waals surface area contributed by atoms with Gasteiger partial charge in [0.05, 0.1) is 25.4 Å². The number of hydrogen-bond acceptors (Lipinski definition) is 19. The van der Waals surface area contributed by atoms with E-state index in [-0.39, 0.29) is 17.1 Å². The number of hydrogen-bond donors (Lipinski definition) is 12. The summed E-state index contributed by atoms with van der Waals surface area (Å²) < 4.78 is 33.4. The summed E-state index contributed by atoms with van der Waals surface area (Å²) in [5.74, 6) is -1.51. The third kappa shape index (κ3) is 6.90. The molecule has 4 heterocycles. The number of fused-ring (bicyclic) bond motifs is 1. The summed E-state index contributed by atoms with van der Waals surface area (Å²) in [4.78, 5) is 13.4. The van der Waals surface area contributed by atoms with Crippen LogP contribution in [0.4, 0.5) is 0 Å². The van der Waals surface area contributed by atoms with Crippen LogP contribution in [0.5, 0.6) is 17.2 Å². The standard InChI is InChI=1S/C32H38O19/c33-7-17-23(40)26(43)30(51-31-27(44)21(38)14(37)9-46-31)29(49-17)20-13(36)6-16-19(24(20)41)12(35)5-15(48-16)10-1-3-11(4-2-10)47-32-28(45)25(42)22(39)18(8-34)50-32/h1-6,14,17-18,21-23,25-34,36-45H,7-9H2/t14-,17-,18+,21-,22+,23+,25+,26+,27-,28+,29-,30+,31+,32-/m0/s1. The van der Waals surface area contributed by atoms with Crippen LogP contribution in [-0.2, 0) is 18.9 Å². The summed E-state index contributed by atoms with van der Waals surface area (Å²) in [5, 5.41) is 123. The highest BCUT2D eigenvalue weighted by atomic mass is 16.7. The molecular weight excluding hydrogens is 688 g/mol. The first-order chi connectivity index (χ1) is 24.2. The number of phenolic OH excluding ortho intramolecular Hbond substituents is 2. The molecule has 3 fully saturated rings. The molecule has 3 aliphatic rings. The fourth-order valence-corrected chi connectivity index (χ4v) is 6.25. The van der Waals surface area contributed by atoms with E-state index in [0.717, 1.165) is 12.1 Å². The summed E-state index contributed by atoms with van der Waals surface area (Å²) in [6, 6.07) is 7.72. The van der Waals surface area contributed by atoms with Crippen molar-refractivity contribution in [3.8, 4) is 28.6 Å². The Hall–Kier alpha value is -3.51. The van der Waals surface area contributed by atoms with Crippen molar-refractivity contribution in [1.29, 1.82) is 0 Å². The lowest BCUT2D eigenvalue weighted by molar-refractivity contribution is -0.325. The van der Waals surface area contributed by atoms with Crippen LogP contribution in [0.25, 0.3) is 22.3 Å². The quantitative estimate of drug-likeness (QED) is 0.105. The van der Waals surface area contributed by atoms with Crippen LogP contribution in [0, 0.1) is 0 Å². The van der Waals surface area contributed by atoms with Crippen molar-refractivity contribution in [3.05, 3.63) is 52.2 Å². The molecule has 19 nitrogen and oxygen atoms in total. The molecule has 6 rings (SSSR count). The highest BCUT2D eigenvalue weighted by molar-refractivity contribution is 5.88. The fourth-order valence-electron chi connectivity index (χ4n) is 6.25. The van der Waals surface area contributed by atoms with Gasteiger partial charge >= 0.3 is 0 Å². The van der Waals surface area contributed by atoms with E-state index in [4.69, 9.17) is 28.1 Å². The molecule has 0 unspecified atom stereocenters. The number of rotatable bonds is 8. The lowest BCUT2D eigenvalue weighted by atomic mass is 9.89. The Balaban J connectivity index is 1.29. The van der Waals surface area contributed by atoms with Crippen molar-refractivity contribution in [2.24, 2.45) is 0 Å². The van der Waals surface area contributed by atoms with Crippen LogP contribution in [0.3, 0.4) is 0 Å². The Kier molecular flexibility index (Phi) is 10.8. The van der Waals surface area contributed by atoms with Gasteiger partial charge in [-0.3, -0.25) is 4.79 Å². The predicted octanol–water partition coefficient (Wildman–Crippen LogP) is -3.97. The molecule has 14 atom stereocenters. The summed E-state index contributed by atoms with van der Waals surface area (Å²) in [6.07, 6.45) is -22.9. The van der Waals surface area contributed by atoms with Gasteiger partial charge < -0.3 is 89.4 Å². The molecule has 51 heavy (non-hydrogen) atoms. The second-order valence-electron chi connectivity index (χ2n) is 12.5. The molecule has 3 aliphatic heterocycles. The van der Waals surface area contributed by atoms with Crippen molar-refractivity contribution < 1.29 is 89.4 Å². The van der Waals surface area contributed by atoms with Gasteiger partial charge in [-0.2, -0.15) is 0 Å². The Morgan fingerprint density at radius 1 is 0.725 bits per heavy atom. The summed E-state index contributed by atoms with van der Waals surface area (Å²) in [6.45, 7) is -1.96. The van der Waals surface area contributed by atoms with E-state index in [1.807, 2.05) is 0 Å². The molecule has 3 aromatic rings. The Bertz CT molecular complexity index is 1730. The minimum absolute atomic E-state index is 0.0309. The van der Waals surface area contributed by atoms with Crippen molar-refractivity contribution in [1.82, 2.24) is 0 Å². The van der Waals surface area contributed by atoms with Gasteiger partial charge in [-0.05, 0) is 24.3 Å². The number of aliphatic hydroxyl groups excluding tert-OH is 10. The molecule has 2 aromatic carbocycles. The second-order valence-corrected chi connectivity index (χ2v) is 12.5. The maximum absolute atomic E-state index is 13.4. The lowest BCUT2D eigenvalue weighted by Gasteiger charge is -2.45. The number of aliphatic hydroxyl groups is 10. The Morgan fingerprint density at radius 3 is 2.02 bits per heavy atom. The van der Waals surface area contributed by atoms with E-state index in [1.165, 1.54) is 24.3 Å². The van der Waals surface area contributed by atoms with Crippen LogP contribution in [0.1, 0.15) is 11.7 Å². The first-order valence-electron chi connectivity index (χ1n) is 15.8. The number of ether oxygens (including phenoxy) is 5. The van der Waals surface area contributed by atoms with E-state index in [2.05, 4.69) is 0 Å². The van der Waals surface area contributed by atoms with Gasteiger partial charge in [-0.25, -0.2) is 0 Å². The largest absolute Gasteiger partial charge is 0.507 e. The van der Waals surface area contributed by atoms with Crippen molar-refractivity contribution in [3.63, 3.8) is 0 Å². The van der Waals surface area contributed by atoms with Crippen LogP contribution in [0.2, 0.25) is 0 Å². The molecule has 0 spiro atoms. The van der Waals surface area contributed by atoms with Crippen molar-refractivity contribution in [2.45, 2.75) is 85.8 Å². The van der Waals surface area contributed by atoms with E-state index in [9.17, 15) is 66.1 Å². The zero-order valence-corrected chi connectivity index (χ0v) is 26.4. The number of aromatic hydroxyl groups is 2. The van der Waals surface area contributed by atoms with Gasteiger partial charge in [0.1, 0.15) is 107 Å². The zero-order valence-electron chi connectivity index (χ0n) is 26.4. The lowest BCUT2D eigenvalue weighted by Crippen LogP contribution is -2.60. The molecule has 0 amide bonds. The molecule has 19 heteroatoms. The molecule has 0 radical (unpaired) electrons. The van der Waals surface area contributed by atoms with Crippen LogP contribution in [0.15, 0.2) is 45.6 Å². The fraction of sp³-hybridized carbons (Fsp3) is 0.531. The molecule has 1 aromatic heterocycles. The van der Waals surface area contributed by atoms with E-state index in [0.29, 0.717) is 5.56 Å². The molecule has 0 saturated carbocycles. The van der Waals surface area contributed by atoms with Crippen LogP contribution in [-0.4, -0.2) is 161 Å². The number of benzene rings is 2. The van der Waals surface area contributed by atoms with Gasteiger partial charge in [0.15, 0.2) is 11.7 Å². The van der Waals surface area contributed by atoms with Gasteiger partial charge in [-0.1, -0.05) is 0 Å². The smallest absolute Gasteiger partial charge is 0.229 e. The molecule has 280 valence electrons. The third-order valence-electron chi connectivity index (χ3n) is 9.15. The minimum atomic E-state index is -1.90. The summed E-state index contributed by atoms with van der Waals surface area (Å²) in [5.41, 5.74) is -1.31. The Morgan fingerprint density at radius 2 is 1.35 bits per heavy atom. The van der Waals surface area contributed by atoms with E-state index >= 15 is 0 Å². The average molecular weight is 727 g/mol. The van der Waals surface area contributed by atoms with Crippen LogP contribution >= 0.6 is 0 Å². The maximum atomic E-state index is 13.4.